The van der Waals surface area contributed by atoms with Crippen molar-refractivity contribution in [3.63, 3.8) is 0 Å². The fraction of sp³-hybridized carbons (Fsp3) is 0.533. The summed E-state index contributed by atoms with van der Waals surface area (Å²) in [5, 5.41) is 0.489. The number of amidine groups is 1. The Bertz CT molecular complexity index is 636. The van der Waals surface area contributed by atoms with Crippen molar-refractivity contribution in [1.82, 2.24) is 0 Å². The zero-order valence-corrected chi connectivity index (χ0v) is 13.3. The number of thioether (sulfide) groups is 1. The molecule has 1 heterocycles. The number of rotatable bonds is 3. The predicted molar refractivity (Wildman–Crippen MR) is 84.8 cm³/mol. The first-order valence-corrected chi connectivity index (χ1v) is 7.73. The number of ether oxygens (including phenoxy) is 1. The van der Waals surface area contributed by atoms with Crippen molar-refractivity contribution in [1.29, 1.82) is 0 Å². The highest BCUT2D eigenvalue weighted by Gasteiger charge is 2.66. The molecule has 21 heavy (non-hydrogen) atoms. The van der Waals surface area contributed by atoms with Gasteiger partial charge in [0.2, 0.25) is 0 Å². The summed E-state index contributed by atoms with van der Waals surface area (Å²) in [6.07, 6.45) is 0.916. The fourth-order valence-electron chi connectivity index (χ4n) is 3.50. The van der Waals surface area contributed by atoms with Gasteiger partial charge in [0.25, 0.3) is 0 Å². The van der Waals surface area contributed by atoms with E-state index in [0.717, 1.165) is 6.42 Å². The van der Waals surface area contributed by atoms with Crippen LogP contribution in [0.2, 0.25) is 0 Å². The van der Waals surface area contributed by atoms with Crippen LogP contribution in [0.5, 0.6) is 0 Å². The molecule has 0 aromatic heterocycles. The van der Waals surface area contributed by atoms with Gasteiger partial charge in [-0.15, -0.1) is 0 Å². The van der Waals surface area contributed by atoms with Crippen LogP contribution in [0.1, 0.15) is 24.5 Å². The monoisotopic (exact) mass is 309 g/mol. The van der Waals surface area contributed by atoms with E-state index in [1.54, 1.807) is 37.9 Å². The predicted octanol–water partition coefficient (Wildman–Crippen LogP) is 2.40. The molecule has 4 N–H and O–H groups in total. The van der Waals surface area contributed by atoms with Crippen LogP contribution in [0, 0.1) is 18.7 Å². The summed E-state index contributed by atoms with van der Waals surface area (Å²) >= 11 is 1.55. The number of nitrogens with two attached hydrogens (primary N) is 2. The largest absolute Gasteiger partial charge is 0.399 e. The Morgan fingerprint density at radius 3 is 2.86 bits per heavy atom. The molecule has 3 rings (SSSR count). The normalized spacial score (nSPS) is 34.3. The summed E-state index contributed by atoms with van der Waals surface area (Å²) in [7, 11) is 1.68. The molecule has 0 bridgehead atoms. The SMILES string of the molecule is COC[C@]12C[C@H]1[C@@](C)(c1cc(N)cc(C)c1F)N=C(N)S2. The highest BCUT2D eigenvalue weighted by Crippen LogP contribution is 2.66. The van der Waals surface area contributed by atoms with Gasteiger partial charge >= 0.3 is 0 Å². The molecule has 4 nitrogen and oxygen atoms in total. The van der Waals surface area contributed by atoms with Crippen molar-refractivity contribution in [3.05, 3.63) is 29.1 Å². The third-order valence-corrected chi connectivity index (χ3v) is 5.84. The van der Waals surface area contributed by atoms with Gasteiger partial charge in [-0.1, -0.05) is 11.8 Å². The maximum Gasteiger partial charge on any atom is 0.155 e. The van der Waals surface area contributed by atoms with Crippen molar-refractivity contribution in [2.45, 2.75) is 30.6 Å². The van der Waals surface area contributed by atoms with Gasteiger partial charge in [-0.05, 0) is 38.0 Å². The van der Waals surface area contributed by atoms with Crippen molar-refractivity contribution < 1.29 is 9.13 Å². The smallest absolute Gasteiger partial charge is 0.155 e. The van der Waals surface area contributed by atoms with Crippen LogP contribution in [-0.4, -0.2) is 23.6 Å². The van der Waals surface area contributed by atoms with Crippen LogP contribution in [0.3, 0.4) is 0 Å². The average molecular weight is 309 g/mol. The molecule has 0 amide bonds. The van der Waals surface area contributed by atoms with E-state index >= 15 is 0 Å². The number of anilines is 1. The molecule has 1 aromatic rings. The van der Waals surface area contributed by atoms with E-state index < -0.39 is 5.54 Å². The third kappa shape index (κ3) is 2.12. The third-order valence-electron chi connectivity index (χ3n) is 4.56. The van der Waals surface area contributed by atoms with Crippen LogP contribution >= 0.6 is 11.8 Å². The number of hydrogen-bond donors (Lipinski definition) is 2. The first-order chi connectivity index (χ1) is 9.82. The van der Waals surface area contributed by atoms with Gasteiger partial charge in [0.1, 0.15) is 5.82 Å². The summed E-state index contributed by atoms with van der Waals surface area (Å²) in [4.78, 5) is 4.58. The maximum atomic E-state index is 14.6. The van der Waals surface area contributed by atoms with Crippen molar-refractivity contribution >= 4 is 22.6 Å². The molecule has 1 saturated carbocycles. The van der Waals surface area contributed by atoms with Crippen LogP contribution in [0.25, 0.3) is 0 Å². The zero-order valence-electron chi connectivity index (χ0n) is 12.4. The standard InChI is InChI=1S/C15H20FN3OS/c1-8-4-9(17)5-10(12(8)16)14(2)11-6-15(11,7-20-3)21-13(18)19-14/h4-5,11H,6-7,17H2,1-3H3,(H2,18,19)/t11-,14+,15+/m0/s1. The molecule has 2 aliphatic rings. The molecule has 1 aliphatic heterocycles. The van der Waals surface area contributed by atoms with E-state index in [1.165, 1.54) is 0 Å². The molecular formula is C15H20FN3OS. The molecule has 3 atom stereocenters. The lowest BCUT2D eigenvalue weighted by molar-refractivity contribution is 0.184. The Morgan fingerprint density at radius 1 is 1.48 bits per heavy atom. The molecule has 6 heteroatoms. The van der Waals surface area contributed by atoms with Crippen molar-refractivity contribution in [2.75, 3.05) is 19.5 Å². The Kier molecular flexibility index (Phi) is 3.22. The van der Waals surface area contributed by atoms with E-state index in [9.17, 15) is 4.39 Å². The summed E-state index contributed by atoms with van der Waals surface area (Å²) in [6.45, 7) is 4.26. The van der Waals surface area contributed by atoms with E-state index in [4.69, 9.17) is 16.2 Å². The van der Waals surface area contributed by atoms with Crippen LogP contribution < -0.4 is 11.5 Å². The Morgan fingerprint density at radius 2 is 2.19 bits per heavy atom. The molecule has 1 aromatic carbocycles. The molecule has 0 radical (unpaired) electrons. The lowest BCUT2D eigenvalue weighted by atomic mass is 9.84. The molecule has 0 saturated heterocycles. The minimum atomic E-state index is -0.682. The van der Waals surface area contributed by atoms with Gasteiger partial charge < -0.3 is 16.2 Å². The first-order valence-electron chi connectivity index (χ1n) is 6.92. The first kappa shape index (κ1) is 14.7. The lowest BCUT2D eigenvalue weighted by Gasteiger charge is -2.34. The quantitative estimate of drug-likeness (QED) is 0.841. The maximum absolute atomic E-state index is 14.6. The Balaban J connectivity index is 2.11. The number of halogens is 1. The highest BCUT2D eigenvalue weighted by molar-refractivity contribution is 8.15. The summed E-state index contributed by atoms with van der Waals surface area (Å²) in [5.74, 6) is -0.0358. The van der Waals surface area contributed by atoms with Crippen LogP contribution in [0.4, 0.5) is 10.1 Å². The van der Waals surface area contributed by atoms with E-state index in [1.807, 2.05) is 6.92 Å². The minimum Gasteiger partial charge on any atom is -0.399 e. The zero-order chi connectivity index (χ0) is 15.4. The van der Waals surface area contributed by atoms with Crippen LogP contribution in [0.15, 0.2) is 17.1 Å². The second-order valence-corrected chi connectivity index (χ2v) is 7.59. The number of nitrogens with zero attached hydrogens (tertiary/aromatic N) is 1. The Labute approximate surface area is 128 Å². The number of nitrogen functional groups attached to an aromatic ring is 1. The molecule has 0 spiro atoms. The number of hydrogen-bond acceptors (Lipinski definition) is 5. The summed E-state index contributed by atoms with van der Waals surface area (Å²) < 4.78 is 19.9. The van der Waals surface area contributed by atoms with Crippen molar-refractivity contribution in [3.8, 4) is 0 Å². The highest BCUT2D eigenvalue weighted by atomic mass is 32.2. The number of methoxy groups -OCH3 is 1. The van der Waals surface area contributed by atoms with Gasteiger partial charge in [-0.2, -0.15) is 0 Å². The van der Waals surface area contributed by atoms with Gasteiger partial charge in [0.15, 0.2) is 5.17 Å². The van der Waals surface area contributed by atoms with Gasteiger partial charge in [0.05, 0.1) is 16.9 Å². The average Bonchev–Trinajstić information content (AvgIpc) is 3.09. The molecule has 0 unspecified atom stereocenters. The number of benzene rings is 1. The topological polar surface area (TPSA) is 73.6 Å². The van der Waals surface area contributed by atoms with E-state index in [0.29, 0.717) is 28.6 Å². The lowest BCUT2D eigenvalue weighted by Crippen LogP contribution is -2.37. The van der Waals surface area contributed by atoms with Crippen LogP contribution in [-0.2, 0) is 10.3 Å². The van der Waals surface area contributed by atoms with E-state index in [2.05, 4.69) is 4.99 Å². The molecular weight excluding hydrogens is 289 g/mol. The number of fused-ring (bicyclic) bond motifs is 1. The Hall–Kier alpha value is -1.27. The van der Waals surface area contributed by atoms with E-state index in [-0.39, 0.29) is 16.5 Å². The van der Waals surface area contributed by atoms with Gasteiger partial charge in [-0.3, -0.25) is 4.99 Å². The minimum absolute atomic E-state index is 0.0831. The second kappa shape index (κ2) is 4.61. The summed E-state index contributed by atoms with van der Waals surface area (Å²) in [6, 6.07) is 3.33. The number of aliphatic imine (C=N–C) groups is 1. The van der Waals surface area contributed by atoms with Gasteiger partial charge in [0, 0.05) is 24.3 Å². The molecule has 1 fully saturated rings. The fourth-order valence-corrected chi connectivity index (χ4v) is 4.95. The summed E-state index contributed by atoms with van der Waals surface area (Å²) in [5.41, 5.74) is 12.9. The van der Waals surface area contributed by atoms with Gasteiger partial charge in [-0.25, -0.2) is 4.39 Å². The molecule has 1 aliphatic carbocycles. The molecule has 114 valence electrons. The van der Waals surface area contributed by atoms with Crippen molar-refractivity contribution in [2.24, 2.45) is 16.6 Å². The number of aryl methyl sites for hydroxylation is 1. The second-order valence-electron chi connectivity index (χ2n) is 6.15.